The number of carbonyl (C=O) groups excluding carboxylic acids is 3. The third-order valence-corrected chi connectivity index (χ3v) is 3.91. The van der Waals surface area contributed by atoms with Crippen LogP contribution < -0.4 is 10.6 Å². The van der Waals surface area contributed by atoms with Gasteiger partial charge in [0, 0.05) is 18.7 Å². The second kappa shape index (κ2) is 9.97. The van der Waals surface area contributed by atoms with Crippen molar-refractivity contribution >= 4 is 17.9 Å². The molecule has 29 heavy (non-hydrogen) atoms. The zero-order valence-corrected chi connectivity index (χ0v) is 18.2. The number of rotatable bonds is 6. The smallest absolute Gasteiger partial charge is 0.408 e. The lowest BCUT2D eigenvalue weighted by atomic mass is 10.0. The molecule has 0 saturated heterocycles. The molecule has 7 heteroatoms. The van der Waals surface area contributed by atoms with E-state index in [1.54, 1.807) is 52.0 Å². The topological polar surface area (TPSA) is 87.7 Å². The molecule has 0 heterocycles. The van der Waals surface area contributed by atoms with Crippen LogP contribution in [0.25, 0.3) is 0 Å². The van der Waals surface area contributed by atoms with Gasteiger partial charge in [0.1, 0.15) is 17.7 Å². The monoisotopic (exact) mass is 401 g/mol. The highest BCUT2D eigenvalue weighted by molar-refractivity contribution is 5.91. The number of benzene rings is 1. The zero-order chi connectivity index (χ0) is 22.4. The molecule has 0 fully saturated rings. The summed E-state index contributed by atoms with van der Waals surface area (Å²) in [6, 6.07) is 5.01. The minimum absolute atomic E-state index is 0.101. The molecule has 7 nitrogen and oxygen atoms in total. The van der Waals surface area contributed by atoms with Crippen molar-refractivity contribution in [2.75, 3.05) is 7.05 Å². The van der Waals surface area contributed by atoms with E-state index in [-0.39, 0.29) is 11.9 Å². The van der Waals surface area contributed by atoms with Crippen LogP contribution >= 0.6 is 0 Å². The van der Waals surface area contributed by atoms with Gasteiger partial charge in [-0.1, -0.05) is 18.1 Å². The van der Waals surface area contributed by atoms with Gasteiger partial charge in [-0.3, -0.25) is 9.59 Å². The van der Waals surface area contributed by atoms with E-state index in [0.29, 0.717) is 11.1 Å². The molecule has 0 aliphatic heterocycles. The molecular formula is C22H31N3O4. The van der Waals surface area contributed by atoms with Gasteiger partial charge >= 0.3 is 6.09 Å². The molecule has 0 spiro atoms. The maximum absolute atomic E-state index is 12.9. The predicted molar refractivity (Wildman–Crippen MR) is 112 cm³/mol. The standard InChI is InChI=1S/C22H31N3O4/c1-9-16-10-12-17(13-11-16)18(19(26)23-14(2)3)25(8)20(27)15(4)24-21(28)29-22(5,6)7/h1,10-15,18H,2-8H3,(H,23,26)(H,24,28). The summed E-state index contributed by atoms with van der Waals surface area (Å²) in [6.07, 6.45) is 4.69. The highest BCUT2D eigenvalue weighted by Crippen LogP contribution is 2.22. The minimum atomic E-state index is -0.880. The molecule has 0 bridgehead atoms. The summed E-state index contributed by atoms with van der Waals surface area (Å²) in [5, 5.41) is 5.34. The van der Waals surface area contributed by atoms with Crippen molar-refractivity contribution in [3.05, 3.63) is 35.4 Å². The van der Waals surface area contributed by atoms with E-state index in [1.165, 1.54) is 11.9 Å². The van der Waals surface area contributed by atoms with Gasteiger partial charge < -0.3 is 20.3 Å². The lowest BCUT2D eigenvalue weighted by Gasteiger charge is -2.31. The van der Waals surface area contributed by atoms with E-state index >= 15 is 0 Å². The molecule has 2 atom stereocenters. The van der Waals surface area contributed by atoms with E-state index in [0.717, 1.165) is 0 Å². The van der Waals surface area contributed by atoms with Crippen LogP contribution in [0.2, 0.25) is 0 Å². The summed E-state index contributed by atoms with van der Waals surface area (Å²) < 4.78 is 5.19. The SMILES string of the molecule is C#Cc1ccc(C(C(=O)NC(C)C)N(C)C(=O)C(C)NC(=O)OC(C)(C)C)cc1. The van der Waals surface area contributed by atoms with E-state index in [2.05, 4.69) is 16.6 Å². The fourth-order valence-corrected chi connectivity index (χ4v) is 2.65. The van der Waals surface area contributed by atoms with E-state index < -0.39 is 29.7 Å². The maximum Gasteiger partial charge on any atom is 0.408 e. The molecule has 2 N–H and O–H groups in total. The second-order valence-corrected chi connectivity index (χ2v) is 8.15. The third kappa shape index (κ3) is 7.49. The van der Waals surface area contributed by atoms with Crippen molar-refractivity contribution < 1.29 is 19.1 Å². The molecular weight excluding hydrogens is 370 g/mol. The minimum Gasteiger partial charge on any atom is -0.444 e. The summed E-state index contributed by atoms with van der Waals surface area (Å²) in [7, 11) is 1.52. The number of hydrogen-bond donors (Lipinski definition) is 2. The quantitative estimate of drug-likeness (QED) is 0.718. The van der Waals surface area contributed by atoms with Crippen LogP contribution in [0.3, 0.4) is 0 Å². The van der Waals surface area contributed by atoms with Gasteiger partial charge in [0.25, 0.3) is 0 Å². The Morgan fingerprint density at radius 3 is 2.07 bits per heavy atom. The van der Waals surface area contributed by atoms with Gasteiger partial charge in [-0.15, -0.1) is 6.42 Å². The summed E-state index contributed by atoms with van der Waals surface area (Å²) >= 11 is 0. The molecule has 0 radical (unpaired) electrons. The molecule has 0 aromatic heterocycles. The van der Waals surface area contributed by atoms with Crippen molar-refractivity contribution in [3.63, 3.8) is 0 Å². The molecule has 2 unspecified atom stereocenters. The fraction of sp³-hybridized carbons (Fsp3) is 0.500. The number of terminal acetylenes is 1. The molecule has 3 amide bonds. The highest BCUT2D eigenvalue weighted by atomic mass is 16.6. The van der Waals surface area contributed by atoms with Gasteiger partial charge in [0.2, 0.25) is 11.8 Å². The van der Waals surface area contributed by atoms with Crippen LogP contribution in [-0.4, -0.2) is 47.5 Å². The van der Waals surface area contributed by atoms with Crippen LogP contribution in [-0.2, 0) is 14.3 Å². The van der Waals surface area contributed by atoms with Gasteiger partial charge in [0.05, 0.1) is 0 Å². The molecule has 0 aliphatic rings. The van der Waals surface area contributed by atoms with Crippen molar-refractivity contribution in [3.8, 4) is 12.3 Å². The van der Waals surface area contributed by atoms with Crippen LogP contribution in [0, 0.1) is 12.3 Å². The summed E-state index contributed by atoms with van der Waals surface area (Å²) in [5.74, 6) is 1.77. The Balaban J connectivity index is 3.07. The Morgan fingerprint density at radius 1 is 1.07 bits per heavy atom. The first-order valence-electron chi connectivity index (χ1n) is 9.49. The Morgan fingerprint density at radius 2 is 1.62 bits per heavy atom. The first kappa shape index (κ1) is 24.0. The average molecular weight is 402 g/mol. The molecule has 1 rings (SSSR count). The Hall–Kier alpha value is -3.01. The van der Waals surface area contributed by atoms with Crippen molar-refractivity contribution in [2.24, 2.45) is 0 Å². The first-order valence-corrected chi connectivity index (χ1v) is 9.49. The highest BCUT2D eigenvalue weighted by Gasteiger charge is 2.32. The first-order chi connectivity index (χ1) is 13.4. The molecule has 1 aromatic rings. The maximum atomic E-state index is 12.9. The van der Waals surface area contributed by atoms with Crippen LogP contribution in [0.4, 0.5) is 4.79 Å². The van der Waals surface area contributed by atoms with Gasteiger partial charge in [-0.05, 0) is 59.2 Å². The Bertz CT molecular complexity index is 773. The largest absolute Gasteiger partial charge is 0.444 e. The number of amides is 3. The van der Waals surface area contributed by atoms with Crippen molar-refractivity contribution in [1.29, 1.82) is 0 Å². The summed E-state index contributed by atoms with van der Waals surface area (Å²) in [5.41, 5.74) is 0.602. The molecule has 1 aromatic carbocycles. The number of hydrogen-bond acceptors (Lipinski definition) is 4. The Labute approximate surface area is 173 Å². The van der Waals surface area contributed by atoms with Crippen LogP contribution in [0.1, 0.15) is 58.7 Å². The molecule has 0 saturated carbocycles. The number of nitrogens with one attached hydrogen (secondary N) is 2. The van der Waals surface area contributed by atoms with Gasteiger partial charge in [-0.2, -0.15) is 0 Å². The summed E-state index contributed by atoms with van der Waals surface area (Å²) in [6.45, 7) is 10.4. The predicted octanol–water partition coefficient (Wildman–Crippen LogP) is 2.61. The fourth-order valence-electron chi connectivity index (χ4n) is 2.65. The number of likely N-dealkylation sites (N-methyl/N-ethyl adjacent to an activating group) is 1. The van der Waals surface area contributed by atoms with Crippen LogP contribution in [0.15, 0.2) is 24.3 Å². The lowest BCUT2D eigenvalue weighted by molar-refractivity contribution is -0.140. The Kier molecular flexibility index (Phi) is 8.26. The molecule has 158 valence electrons. The number of nitrogens with zero attached hydrogens (tertiary/aromatic N) is 1. The van der Waals surface area contributed by atoms with E-state index in [1.807, 2.05) is 13.8 Å². The van der Waals surface area contributed by atoms with E-state index in [9.17, 15) is 14.4 Å². The van der Waals surface area contributed by atoms with Crippen molar-refractivity contribution in [1.82, 2.24) is 15.5 Å². The van der Waals surface area contributed by atoms with Crippen LogP contribution in [0.5, 0.6) is 0 Å². The second-order valence-electron chi connectivity index (χ2n) is 8.15. The van der Waals surface area contributed by atoms with Gasteiger partial charge in [-0.25, -0.2) is 4.79 Å². The van der Waals surface area contributed by atoms with Gasteiger partial charge in [0.15, 0.2) is 0 Å². The summed E-state index contributed by atoms with van der Waals surface area (Å²) in [4.78, 5) is 39.0. The molecule has 0 aliphatic carbocycles. The number of ether oxygens (including phenoxy) is 1. The zero-order valence-electron chi connectivity index (χ0n) is 18.2. The normalized spacial score (nSPS) is 13.1. The van der Waals surface area contributed by atoms with Crippen molar-refractivity contribution in [2.45, 2.75) is 65.3 Å². The lowest BCUT2D eigenvalue weighted by Crippen LogP contribution is -2.51. The third-order valence-electron chi connectivity index (χ3n) is 3.91. The van der Waals surface area contributed by atoms with E-state index in [4.69, 9.17) is 11.2 Å². The number of carbonyl (C=O) groups is 3. The average Bonchev–Trinajstić information content (AvgIpc) is 2.59. The number of alkyl carbamates (subject to hydrolysis) is 1.